The lowest BCUT2D eigenvalue weighted by Crippen LogP contribution is -2.27. The van der Waals surface area contributed by atoms with Gasteiger partial charge >= 0.3 is 0 Å². The Hall–Kier alpha value is -2.65. The van der Waals surface area contributed by atoms with Gasteiger partial charge in [-0.3, -0.25) is 4.79 Å². The molecule has 0 bridgehead atoms. The van der Waals surface area contributed by atoms with Gasteiger partial charge in [0.05, 0.1) is 5.69 Å². The van der Waals surface area contributed by atoms with E-state index in [2.05, 4.69) is 11.6 Å². The van der Waals surface area contributed by atoms with Crippen molar-refractivity contribution in [2.45, 2.75) is 0 Å². The highest BCUT2D eigenvalue weighted by atomic mass is 35.5. The van der Waals surface area contributed by atoms with Crippen LogP contribution in [0.5, 0.6) is 0 Å². The fraction of sp³-hybridized carbons (Fsp3) is 0.100. The summed E-state index contributed by atoms with van der Waals surface area (Å²) < 4.78 is 0. The molecule has 0 saturated carbocycles. The van der Waals surface area contributed by atoms with Gasteiger partial charge in [0.25, 0.3) is 5.91 Å². The quantitative estimate of drug-likeness (QED) is 0.640. The van der Waals surface area contributed by atoms with E-state index in [9.17, 15) is 4.79 Å². The SMILES string of the molecule is C=CCN(C)C(=O)c1cc2ccccc2c(-c2ccccc2Cl)n1. The molecule has 3 rings (SSSR count). The molecule has 24 heavy (non-hydrogen) atoms. The highest BCUT2D eigenvalue weighted by Gasteiger charge is 2.17. The average Bonchev–Trinajstić information content (AvgIpc) is 2.61. The summed E-state index contributed by atoms with van der Waals surface area (Å²) in [6, 6.07) is 17.2. The van der Waals surface area contributed by atoms with Crippen molar-refractivity contribution in [1.29, 1.82) is 0 Å². The normalized spacial score (nSPS) is 10.6. The number of aromatic nitrogens is 1. The van der Waals surface area contributed by atoms with Crippen molar-refractivity contribution < 1.29 is 4.79 Å². The molecule has 0 aliphatic heterocycles. The van der Waals surface area contributed by atoms with Gasteiger partial charge in [0.1, 0.15) is 5.69 Å². The minimum atomic E-state index is -0.144. The summed E-state index contributed by atoms with van der Waals surface area (Å²) in [6.07, 6.45) is 1.69. The first-order valence-corrected chi connectivity index (χ1v) is 8.00. The Bertz CT molecular complexity index is 920. The maximum atomic E-state index is 12.6. The maximum Gasteiger partial charge on any atom is 0.272 e. The minimum Gasteiger partial charge on any atom is -0.337 e. The molecule has 1 heterocycles. The molecule has 0 aliphatic rings. The van der Waals surface area contributed by atoms with Gasteiger partial charge in [0, 0.05) is 29.6 Å². The Balaban J connectivity index is 2.23. The zero-order chi connectivity index (χ0) is 17.1. The standard InChI is InChI=1S/C20H17ClN2O/c1-3-12-23(2)20(24)18-13-14-8-4-5-9-15(14)19(22-18)16-10-6-7-11-17(16)21/h3-11,13H,1,12H2,2H3. The Morgan fingerprint density at radius 1 is 1.21 bits per heavy atom. The van der Waals surface area contributed by atoms with Crippen LogP contribution in [0.3, 0.4) is 0 Å². The number of nitrogens with zero attached hydrogens (tertiary/aromatic N) is 2. The zero-order valence-electron chi connectivity index (χ0n) is 13.4. The van der Waals surface area contributed by atoms with Gasteiger partial charge in [-0.25, -0.2) is 4.98 Å². The number of halogens is 1. The number of hydrogen-bond donors (Lipinski definition) is 0. The van der Waals surface area contributed by atoms with Gasteiger partial charge in [-0.1, -0.05) is 60.1 Å². The highest BCUT2D eigenvalue weighted by molar-refractivity contribution is 6.33. The molecule has 120 valence electrons. The van der Waals surface area contributed by atoms with E-state index in [0.717, 1.165) is 16.3 Å². The van der Waals surface area contributed by atoms with E-state index >= 15 is 0 Å². The Morgan fingerprint density at radius 3 is 2.67 bits per heavy atom. The summed E-state index contributed by atoms with van der Waals surface area (Å²) in [7, 11) is 1.73. The smallest absolute Gasteiger partial charge is 0.272 e. The van der Waals surface area contributed by atoms with Crippen molar-refractivity contribution in [2.24, 2.45) is 0 Å². The third-order valence-corrected chi connectivity index (χ3v) is 4.17. The van der Waals surface area contributed by atoms with Gasteiger partial charge in [0.15, 0.2) is 0 Å². The predicted octanol–water partition coefficient (Wildman–Crippen LogP) is 4.81. The number of hydrogen-bond acceptors (Lipinski definition) is 2. The largest absolute Gasteiger partial charge is 0.337 e. The molecule has 0 atom stereocenters. The minimum absolute atomic E-state index is 0.144. The van der Waals surface area contributed by atoms with Crippen molar-refractivity contribution in [2.75, 3.05) is 13.6 Å². The fourth-order valence-electron chi connectivity index (χ4n) is 2.64. The first-order valence-electron chi connectivity index (χ1n) is 7.63. The van der Waals surface area contributed by atoms with Gasteiger partial charge in [-0.2, -0.15) is 0 Å². The summed E-state index contributed by atoms with van der Waals surface area (Å²) in [4.78, 5) is 18.8. The molecular weight excluding hydrogens is 320 g/mol. The molecule has 0 unspecified atom stereocenters. The second-order valence-electron chi connectivity index (χ2n) is 5.53. The van der Waals surface area contributed by atoms with E-state index in [1.807, 2.05) is 54.6 Å². The van der Waals surface area contributed by atoms with E-state index in [4.69, 9.17) is 11.6 Å². The van der Waals surface area contributed by atoms with Gasteiger partial charge < -0.3 is 4.90 Å². The molecule has 0 fully saturated rings. The van der Waals surface area contributed by atoms with Crippen LogP contribution in [0, 0.1) is 0 Å². The monoisotopic (exact) mass is 336 g/mol. The Kier molecular flexibility index (Phi) is 4.63. The Labute approximate surface area is 146 Å². The van der Waals surface area contributed by atoms with Crippen molar-refractivity contribution in [3.8, 4) is 11.3 Å². The molecule has 0 aliphatic carbocycles. The van der Waals surface area contributed by atoms with Crippen LogP contribution in [0.1, 0.15) is 10.5 Å². The van der Waals surface area contributed by atoms with Crippen LogP contribution in [-0.2, 0) is 0 Å². The summed E-state index contributed by atoms with van der Waals surface area (Å²) in [5, 5.41) is 2.53. The lowest BCUT2D eigenvalue weighted by molar-refractivity contribution is 0.0805. The molecular formula is C20H17ClN2O. The van der Waals surface area contributed by atoms with E-state index in [0.29, 0.717) is 23.0 Å². The maximum absolute atomic E-state index is 12.6. The molecule has 3 aromatic rings. The van der Waals surface area contributed by atoms with Crippen molar-refractivity contribution >= 4 is 28.3 Å². The van der Waals surface area contributed by atoms with E-state index in [-0.39, 0.29) is 5.91 Å². The van der Waals surface area contributed by atoms with Crippen LogP contribution >= 0.6 is 11.6 Å². The zero-order valence-corrected chi connectivity index (χ0v) is 14.1. The van der Waals surface area contributed by atoms with Gasteiger partial charge in [0.2, 0.25) is 0 Å². The number of likely N-dealkylation sites (N-methyl/N-ethyl adjacent to an activating group) is 1. The van der Waals surface area contributed by atoms with Crippen LogP contribution in [0.25, 0.3) is 22.0 Å². The van der Waals surface area contributed by atoms with Crippen molar-refractivity contribution in [3.63, 3.8) is 0 Å². The predicted molar refractivity (Wildman–Crippen MR) is 99.3 cm³/mol. The number of amides is 1. The van der Waals surface area contributed by atoms with Crippen LogP contribution < -0.4 is 0 Å². The second kappa shape index (κ2) is 6.85. The first-order chi connectivity index (χ1) is 11.6. The number of benzene rings is 2. The molecule has 3 nitrogen and oxygen atoms in total. The number of carbonyl (C=O) groups is 1. The van der Waals surface area contributed by atoms with E-state index in [1.165, 1.54) is 0 Å². The van der Waals surface area contributed by atoms with E-state index < -0.39 is 0 Å². The Morgan fingerprint density at radius 2 is 1.92 bits per heavy atom. The van der Waals surface area contributed by atoms with Crippen molar-refractivity contribution in [3.05, 3.63) is 78.0 Å². The summed E-state index contributed by atoms with van der Waals surface area (Å²) in [6.45, 7) is 4.14. The molecule has 0 radical (unpaired) electrons. The molecule has 1 amide bonds. The van der Waals surface area contributed by atoms with Crippen molar-refractivity contribution in [1.82, 2.24) is 9.88 Å². The lowest BCUT2D eigenvalue weighted by Gasteiger charge is -2.16. The third kappa shape index (κ3) is 3.03. The number of carbonyl (C=O) groups excluding carboxylic acids is 1. The van der Waals surface area contributed by atoms with Crippen LogP contribution in [-0.4, -0.2) is 29.4 Å². The van der Waals surface area contributed by atoms with Crippen LogP contribution in [0.15, 0.2) is 67.3 Å². The first kappa shape index (κ1) is 16.2. The fourth-order valence-corrected chi connectivity index (χ4v) is 2.86. The second-order valence-corrected chi connectivity index (χ2v) is 5.94. The number of rotatable bonds is 4. The van der Waals surface area contributed by atoms with Gasteiger partial charge in [-0.15, -0.1) is 6.58 Å². The summed E-state index contributed by atoms with van der Waals surface area (Å²) in [5.74, 6) is -0.144. The van der Waals surface area contributed by atoms with E-state index in [1.54, 1.807) is 18.0 Å². The molecule has 0 N–H and O–H groups in total. The third-order valence-electron chi connectivity index (χ3n) is 3.84. The molecule has 1 aromatic heterocycles. The number of pyridine rings is 1. The van der Waals surface area contributed by atoms with Crippen LogP contribution in [0.2, 0.25) is 5.02 Å². The molecule has 0 saturated heterocycles. The molecule has 2 aromatic carbocycles. The summed E-state index contributed by atoms with van der Waals surface area (Å²) in [5.41, 5.74) is 1.93. The highest BCUT2D eigenvalue weighted by Crippen LogP contribution is 2.32. The molecule has 4 heteroatoms. The average molecular weight is 337 g/mol. The molecule has 0 spiro atoms. The summed E-state index contributed by atoms with van der Waals surface area (Å²) >= 11 is 6.35. The van der Waals surface area contributed by atoms with Gasteiger partial charge in [-0.05, 0) is 17.5 Å². The lowest BCUT2D eigenvalue weighted by atomic mass is 10.0. The van der Waals surface area contributed by atoms with Crippen LogP contribution in [0.4, 0.5) is 0 Å². The number of fused-ring (bicyclic) bond motifs is 1. The topological polar surface area (TPSA) is 33.2 Å².